The SMILES string of the molecule is C/C=C(/CNC(=O)c1ccc2c(c1)C(C)C1=C2CCC=C1)OCc1ccccc1. The summed E-state index contributed by atoms with van der Waals surface area (Å²) < 4.78 is 5.85. The van der Waals surface area contributed by atoms with Crippen molar-refractivity contribution in [3.8, 4) is 0 Å². The van der Waals surface area contributed by atoms with E-state index < -0.39 is 0 Å². The lowest BCUT2D eigenvalue weighted by Gasteiger charge is -2.13. The highest BCUT2D eigenvalue weighted by atomic mass is 16.5. The maximum absolute atomic E-state index is 12.7. The molecule has 3 heteroatoms. The van der Waals surface area contributed by atoms with Crippen LogP contribution in [0.3, 0.4) is 0 Å². The molecule has 1 atom stereocenters. The normalized spacial score (nSPS) is 17.7. The van der Waals surface area contributed by atoms with Gasteiger partial charge in [0.25, 0.3) is 5.91 Å². The Morgan fingerprint density at radius 2 is 2.03 bits per heavy atom. The van der Waals surface area contributed by atoms with Gasteiger partial charge in [0.15, 0.2) is 0 Å². The molecule has 0 spiro atoms. The number of nitrogens with one attached hydrogen (secondary N) is 1. The summed E-state index contributed by atoms with van der Waals surface area (Å²) >= 11 is 0. The number of carbonyl (C=O) groups is 1. The predicted molar refractivity (Wildman–Crippen MR) is 117 cm³/mol. The Morgan fingerprint density at radius 3 is 2.83 bits per heavy atom. The summed E-state index contributed by atoms with van der Waals surface area (Å²) in [6.07, 6.45) is 8.60. The number of allylic oxidation sites excluding steroid dienone is 5. The number of rotatable bonds is 6. The first kappa shape index (κ1) is 19.3. The first-order chi connectivity index (χ1) is 14.2. The van der Waals surface area contributed by atoms with Crippen molar-refractivity contribution in [2.24, 2.45) is 0 Å². The Balaban J connectivity index is 1.38. The van der Waals surface area contributed by atoms with Crippen LogP contribution >= 0.6 is 0 Å². The Hall–Kier alpha value is -3.07. The molecule has 1 unspecified atom stereocenters. The summed E-state index contributed by atoms with van der Waals surface area (Å²) in [5, 5.41) is 3.00. The van der Waals surface area contributed by atoms with Gasteiger partial charge in [-0.1, -0.05) is 55.5 Å². The second-order valence-electron chi connectivity index (χ2n) is 7.61. The third kappa shape index (κ3) is 4.04. The lowest BCUT2D eigenvalue weighted by Crippen LogP contribution is -2.26. The van der Waals surface area contributed by atoms with Crippen molar-refractivity contribution in [3.63, 3.8) is 0 Å². The average Bonchev–Trinajstić information content (AvgIpc) is 3.06. The van der Waals surface area contributed by atoms with Crippen molar-refractivity contribution >= 4 is 11.5 Å². The van der Waals surface area contributed by atoms with E-state index in [0.717, 1.165) is 24.2 Å². The molecule has 1 N–H and O–H groups in total. The second-order valence-corrected chi connectivity index (χ2v) is 7.61. The van der Waals surface area contributed by atoms with E-state index in [0.29, 0.717) is 24.6 Å². The number of amides is 1. The van der Waals surface area contributed by atoms with E-state index in [-0.39, 0.29) is 5.91 Å². The van der Waals surface area contributed by atoms with Crippen LogP contribution in [0.4, 0.5) is 0 Å². The summed E-state index contributed by atoms with van der Waals surface area (Å²) in [7, 11) is 0. The molecule has 0 radical (unpaired) electrons. The highest BCUT2D eigenvalue weighted by Crippen LogP contribution is 2.46. The number of benzene rings is 2. The first-order valence-corrected chi connectivity index (χ1v) is 10.3. The van der Waals surface area contributed by atoms with E-state index in [1.165, 1.54) is 22.3 Å². The molecule has 0 heterocycles. The maximum Gasteiger partial charge on any atom is 0.251 e. The fourth-order valence-electron chi connectivity index (χ4n) is 4.14. The molecule has 0 aliphatic heterocycles. The van der Waals surface area contributed by atoms with Gasteiger partial charge in [-0.05, 0) is 65.8 Å². The van der Waals surface area contributed by atoms with Crippen LogP contribution in [0.2, 0.25) is 0 Å². The fraction of sp³-hybridized carbons (Fsp3) is 0.269. The second kappa shape index (κ2) is 8.52. The molecule has 2 aliphatic rings. The van der Waals surface area contributed by atoms with Gasteiger partial charge in [0.05, 0.1) is 6.54 Å². The molecule has 0 saturated heterocycles. The Morgan fingerprint density at radius 1 is 1.21 bits per heavy atom. The van der Waals surface area contributed by atoms with Crippen molar-refractivity contribution in [1.29, 1.82) is 0 Å². The number of ether oxygens (including phenoxy) is 1. The van der Waals surface area contributed by atoms with Crippen molar-refractivity contribution in [1.82, 2.24) is 5.32 Å². The molecule has 0 fully saturated rings. The monoisotopic (exact) mass is 385 g/mol. The summed E-state index contributed by atoms with van der Waals surface area (Å²) in [5.74, 6) is 1.05. The van der Waals surface area contributed by atoms with E-state index in [9.17, 15) is 4.79 Å². The summed E-state index contributed by atoms with van der Waals surface area (Å²) in [5.41, 5.74) is 7.26. The van der Waals surface area contributed by atoms with Crippen LogP contribution in [0.1, 0.15) is 59.7 Å². The van der Waals surface area contributed by atoms with Gasteiger partial charge in [0, 0.05) is 11.5 Å². The van der Waals surface area contributed by atoms with Crippen molar-refractivity contribution in [2.75, 3.05) is 6.54 Å². The molecule has 1 amide bonds. The van der Waals surface area contributed by atoms with E-state index in [2.05, 4.69) is 36.5 Å². The molecule has 2 aromatic carbocycles. The lowest BCUT2D eigenvalue weighted by atomic mass is 9.94. The molecular formula is C26H27NO2. The summed E-state index contributed by atoms with van der Waals surface area (Å²) in [6.45, 7) is 5.03. The minimum Gasteiger partial charge on any atom is -0.492 e. The number of carbonyl (C=O) groups excluding carboxylic acids is 1. The topological polar surface area (TPSA) is 38.3 Å². The minimum atomic E-state index is -0.0666. The van der Waals surface area contributed by atoms with Gasteiger partial charge in [0.2, 0.25) is 0 Å². The lowest BCUT2D eigenvalue weighted by molar-refractivity contribution is 0.0944. The number of hydrogen-bond donors (Lipinski definition) is 1. The molecule has 0 saturated carbocycles. The van der Waals surface area contributed by atoms with E-state index >= 15 is 0 Å². The van der Waals surface area contributed by atoms with Crippen molar-refractivity contribution in [3.05, 3.63) is 100 Å². The molecule has 0 aromatic heterocycles. The van der Waals surface area contributed by atoms with E-state index in [1.807, 2.05) is 49.4 Å². The third-order valence-corrected chi connectivity index (χ3v) is 5.79. The molecule has 2 aliphatic carbocycles. The standard InChI is InChI=1S/C26H27NO2/c1-3-21(29-17-19-9-5-4-6-10-19)16-27-26(28)20-13-14-24-23-12-8-7-11-22(23)18(2)25(24)15-20/h3-7,9-11,13-15,18H,8,12,16-17H2,1-2H3,(H,27,28)/b21-3-. The van der Waals surface area contributed by atoms with Crippen LogP contribution in [0.25, 0.3) is 5.57 Å². The highest BCUT2D eigenvalue weighted by molar-refractivity contribution is 5.96. The van der Waals surface area contributed by atoms with Crippen molar-refractivity contribution in [2.45, 2.75) is 39.2 Å². The van der Waals surface area contributed by atoms with Crippen LogP contribution < -0.4 is 5.32 Å². The van der Waals surface area contributed by atoms with E-state index in [1.54, 1.807) is 0 Å². The first-order valence-electron chi connectivity index (χ1n) is 10.3. The van der Waals surface area contributed by atoms with Gasteiger partial charge in [-0.25, -0.2) is 0 Å². The zero-order valence-corrected chi connectivity index (χ0v) is 17.1. The number of hydrogen-bond acceptors (Lipinski definition) is 2. The Labute approximate surface area is 172 Å². The van der Waals surface area contributed by atoms with Gasteiger partial charge in [-0.15, -0.1) is 0 Å². The molecule has 148 valence electrons. The molecule has 4 rings (SSSR count). The van der Waals surface area contributed by atoms with Crippen LogP contribution in [0.15, 0.2) is 78.1 Å². The fourth-order valence-corrected chi connectivity index (χ4v) is 4.14. The molecule has 3 nitrogen and oxygen atoms in total. The minimum absolute atomic E-state index is 0.0666. The predicted octanol–water partition coefficient (Wildman–Crippen LogP) is 5.76. The molecule has 2 aromatic rings. The maximum atomic E-state index is 12.7. The van der Waals surface area contributed by atoms with Crippen LogP contribution in [0, 0.1) is 0 Å². The highest BCUT2D eigenvalue weighted by Gasteiger charge is 2.28. The summed E-state index contributed by atoms with van der Waals surface area (Å²) in [6, 6.07) is 16.1. The van der Waals surface area contributed by atoms with E-state index in [4.69, 9.17) is 4.74 Å². The third-order valence-electron chi connectivity index (χ3n) is 5.79. The van der Waals surface area contributed by atoms with Gasteiger partial charge in [0.1, 0.15) is 12.4 Å². The van der Waals surface area contributed by atoms with Gasteiger partial charge < -0.3 is 10.1 Å². The zero-order valence-electron chi connectivity index (χ0n) is 17.1. The molecule has 29 heavy (non-hydrogen) atoms. The van der Waals surface area contributed by atoms with Gasteiger partial charge in [-0.3, -0.25) is 4.79 Å². The van der Waals surface area contributed by atoms with Crippen LogP contribution in [-0.4, -0.2) is 12.5 Å². The Kier molecular flexibility index (Phi) is 5.66. The van der Waals surface area contributed by atoms with Gasteiger partial charge >= 0.3 is 0 Å². The van der Waals surface area contributed by atoms with Crippen LogP contribution in [0.5, 0.6) is 0 Å². The number of fused-ring (bicyclic) bond motifs is 2. The zero-order chi connectivity index (χ0) is 20.2. The molecular weight excluding hydrogens is 358 g/mol. The largest absolute Gasteiger partial charge is 0.492 e. The summed E-state index contributed by atoms with van der Waals surface area (Å²) in [4.78, 5) is 12.7. The molecule has 0 bridgehead atoms. The smallest absolute Gasteiger partial charge is 0.251 e. The van der Waals surface area contributed by atoms with Gasteiger partial charge in [-0.2, -0.15) is 0 Å². The van der Waals surface area contributed by atoms with Crippen molar-refractivity contribution < 1.29 is 9.53 Å². The van der Waals surface area contributed by atoms with Crippen LogP contribution in [-0.2, 0) is 11.3 Å². The average molecular weight is 386 g/mol. The quantitative estimate of drug-likeness (QED) is 0.642. The Bertz CT molecular complexity index is 999.